The molecule has 0 bridgehead atoms. The first-order chi connectivity index (χ1) is 22.1. The van der Waals surface area contributed by atoms with E-state index in [1.807, 2.05) is 12.2 Å². The molecular weight excluding hydrogens is 623 g/mol. The van der Waals surface area contributed by atoms with Gasteiger partial charge in [0.15, 0.2) is 0 Å². The minimum Gasteiger partial charge on any atom is -0.479 e. The van der Waals surface area contributed by atoms with E-state index in [0.717, 1.165) is 19.3 Å². The van der Waals surface area contributed by atoms with Gasteiger partial charge in [0.1, 0.15) is 23.2 Å². The Morgan fingerprint density at radius 3 is 2.53 bits per heavy atom. The van der Waals surface area contributed by atoms with Crippen LogP contribution in [0.15, 0.2) is 12.2 Å². The highest BCUT2D eigenvalue weighted by molar-refractivity contribution is 5.96. The van der Waals surface area contributed by atoms with Gasteiger partial charge in [-0.1, -0.05) is 31.4 Å². The number of carbonyl (C=O) groups is 4. The number of halogens is 3. The number of carboxylic acid groups (broad SMARTS) is 1. The fourth-order valence-corrected chi connectivity index (χ4v) is 7.32. The predicted octanol–water partition coefficient (Wildman–Crippen LogP) is 2.85. The summed E-state index contributed by atoms with van der Waals surface area (Å²) in [6, 6.07) is -2.56. The average molecular weight is 672 g/mol. The number of hydrogen-bond donors (Lipinski definition) is 6. The molecule has 5 rings (SSSR count). The molecule has 6 N–H and O–H groups in total. The summed E-state index contributed by atoms with van der Waals surface area (Å²) in [5, 5.41) is 17.1. The van der Waals surface area contributed by atoms with Gasteiger partial charge in [-0.3, -0.25) is 9.59 Å². The van der Waals surface area contributed by atoms with Gasteiger partial charge in [0, 0.05) is 12.5 Å². The van der Waals surface area contributed by atoms with Gasteiger partial charge in [-0.2, -0.15) is 23.8 Å². The second kappa shape index (κ2) is 13.9. The van der Waals surface area contributed by atoms with Crippen molar-refractivity contribution in [3.05, 3.63) is 12.2 Å². The Bertz CT molecular complexity index is 1230. The van der Waals surface area contributed by atoms with Crippen LogP contribution in [-0.4, -0.2) is 87.2 Å². The number of alkyl halides is 3. The number of rotatable bonds is 4. The molecular formula is C31H48F3N7O6. The summed E-state index contributed by atoms with van der Waals surface area (Å²) in [6.45, 7) is 5.17. The highest BCUT2D eigenvalue weighted by Gasteiger charge is 2.61. The number of nitrogens with one attached hydrogen (secondary N) is 5. The van der Waals surface area contributed by atoms with Crippen LogP contribution in [0.4, 0.5) is 18.0 Å². The Morgan fingerprint density at radius 2 is 1.83 bits per heavy atom. The number of alkyl carbamates (subject to hydrolysis) is 1. The normalized spacial score (nSPS) is 36.7. The lowest BCUT2D eigenvalue weighted by atomic mass is 9.79. The molecule has 2 saturated carbocycles. The molecule has 3 aliphatic heterocycles. The molecule has 0 radical (unpaired) electrons. The van der Waals surface area contributed by atoms with Crippen LogP contribution in [0.25, 0.3) is 0 Å². The van der Waals surface area contributed by atoms with E-state index in [1.54, 1.807) is 25.9 Å². The predicted molar refractivity (Wildman–Crippen MR) is 162 cm³/mol. The van der Waals surface area contributed by atoms with Crippen LogP contribution in [0.3, 0.4) is 0 Å². The number of hydrazine groups is 3. The standard InChI is InChI=1S/C31H48F3N7O6/c1-29(2,3)47-28(46)35-22-13-8-6-4-5-7-11-20-16-30(20,27(44)45)36-25(42)23-15-21(17-40(23)26(22)43)41-38-24(37-39-41)18-10-9-12-19(14-18)31(32,33)34/h7,11,18-24,37-39H,4-6,8-10,12-17H2,1-3H3,(H,35,46)(H,36,42)(H,44,45)/b11-7-/t18?,19?,20-,21-,22+,23+,24?,30-/m1/s1. The van der Waals surface area contributed by atoms with Crippen molar-refractivity contribution in [1.29, 1.82) is 0 Å². The topological polar surface area (TPSA) is 164 Å². The minimum absolute atomic E-state index is 0.0190. The maximum Gasteiger partial charge on any atom is 0.408 e. The van der Waals surface area contributed by atoms with Gasteiger partial charge in [-0.25, -0.2) is 20.4 Å². The van der Waals surface area contributed by atoms with Gasteiger partial charge >= 0.3 is 18.2 Å². The van der Waals surface area contributed by atoms with Gasteiger partial charge in [0.2, 0.25) is 11.8 Å². The molecule has 2 saturated heterocycles. The fraction of sp³-hybridized carbons (Fsp3) is 0.806. The van der Waals surface area contributed by atoms with Gasteiger partial charge in [0.05, 0.1) is 18.1 Å². The second-order valence-corrected chi connectivity index (χ2v) is 14.6. The van der Waals surface area contributed by atoms with E-state index in [1.165, 1.54) is 4.90 Å². The third-order valence-corrected chi connectivity index (χ3v) is 9.96. The van der Waals surface area contributed by atoms with Crippen molar-refractivity contribution in [2.75, 3.05) is 6.54 Å². The molecule has 5 aliphatic rings. The molecule has 4 fully saturated rings. The highest BCUT2D eigenvalue weighted by Crippen LogP contribution is 2.45. The van der Waals surface area contributed by atoms with E-state index in [4.69, 9.17) is 4.74 Å². The summed E-state index contributed by atoms with van der Waals surface area (Å²) in [7, 11) is 0. The van der Waals surface area contributed by atoms with Crippen molar-refractivity contribution in [2.24, 2.45) is 17.8 Å². The molecule has 0 aromatic rings. The number of nitrogens with zero attached hydrogens (tertiary/aromatic N) is 2. The Hall–Kier alpha value is -2.95. The maximum absolute atomic E-state index is 14.2. The first kappa shape index (κ1) is 35.4. The van der Waals surface area contributed by atoms with E-state index in [9.17, 15) is 37.5 Å². The summed E-state index contributed by atoms with van der Waals surface area (Å²) in [5.74, 6) is -4.31. The van der Waals surface area contributed by atoms with Crippen molar-refractivity contribution in [3.8, 4) is 0 Å². The molecule has 8 atom stereocenters. The largest absolute Gasteiger partial charge is 0.479 e. The summed E-state index contributed by atoms with van der Waals surface area (Å²) < 4.78 is 45.9. The molecule has 2 aliphatic carbocycles. The summed E-state index contributed by atoms with van der Waals surface area (Å²) in [5.41, 5.74) is 6.95. The van der Waals surface area contributed by atoms with Crippen LogP contribution in [0, 0.1) is 17.8 Å². The maximum atomic E-state index is 14.2. The van der Waals surface area contributed by atoms with E-state index < -0.39 is 71.4 Å². The van der Waals surface area contributed by atoms with Gasteiger partial charge in [0.25, 0.3) is 0 Å². The van der Waals surface area contributed by atoms with Crippen LogP contribution in [0.1, 0.15) is 91.4 Å². The Labute approximate surface area is 272 Å². The molecule has 3 heterocycles. The molecule has 0 aromatic heterocycles. The minimum atomic E-state index is -4.26. The number of fused-ring (bicyclic) bond motifs is 2. The highest BCUT2D eigenvalue weighted by atomic mass is 19.4. The zero-order valence-corrected chi connectivity index (χ0v) is 27.2. The molecule has 16 heteroatoms. The zero-order valence-electron chi connectivity index (χ0n) is 27.2. The number of allylic oxidation sites excluding steroid dienone is 1. The van der Waals surface area contributed by atoms with Crippen molar-refractivity contribution < 1.29 is 42.2 Å². The fourth-order valence-electron chi connectivity index (χ4n) is 7.32. The van der Waals surface area contributed by atoms with Crippen LogP contribution < -0.4 is 27.0 Å². The Balaban J connectivity index is 1.35. The number of carboxylic acids is 1. The Kier molecular flexibility index (Phi) is 10.4. The Morgan fingerprint density at radius 1 is 1.06 bits per heavy atom. The molecule has 3 amide bonds. The average Bonchev–Trinajstić information content (AvgIpc) is 3.31. The van der Waals surface area contributed by atoms with Crippen molar-refractivity contribution in [2.45, 2.75) is 133 Å². The number of aliphatic carboxylic acids is 1. The van der Waals surface area contributed by atoms with Gasteiger partial charge < -0.3 is 25.4 Å². The summed E-state index contributed by atoms with van der Waals surface area (Å²) in [4.78, 5) is 54.6. The first-order valence-electron chi connectivity index (χ1n) is 16.7. The molecule has 13 nitrogen and oxygen atoms in total. The number of amides is 3. The second-order valence-electron chi connectivity index (χ2n) is 14.6. The molecule has 47 heavy (non-hydrogen) atoms. The zero-order chi connectivity index (χ0) is 34.1. The van der Waals surface area contributed by atoms with E-state index in [2.05, 4.69) is 27.0 Å². The molecule has 264 valence electrons. The van der Waals surface area contributed by atoms with E-state index in [-0.39, 0.29) is 44.1 Å². The van der Waals surface area contributed by atoms with Crippen molar-refractivity contribution >= 4 is 23.9 Å². The van der Waals surface area contributed by atoms with Crippen LogP contribution in [0.2, 0.25) is 0 Å². The summed E-state index contributed by atoms with van der Waals surface area (Å²) in [6.07, 6.45) is 2.96. The van der Waals surface area contributed by atoms with Gasteiger partial charge in [-0.05, 0) is 78.1 Å². The molecule has 3 unspecified atom stereocenters. The smallest absolute Gasteiger partial charge is 0.408 e. The SMILES string of the molecule is CC(C)(C)OC(=O)N[C@H]1CCCCC/C=C\[C@@H]2C[C@@]2(C(=O)O)NC(=O)[C@@H]2C[C@@H](N3NNC(C4CCCC(C(F)(F)F)C4)N3)CN2C1=O. The number of ether oxygens (including phenoxy) is 1. The van der Waals surface area contributed by atoms with Crippen LogP contribution in [-0.2, 0) is 19.1 Å². The van der Waals surface area contributed by atoms with Gasteiger partial charge in [-0.15, -0.1) is 0 Å². The van der Waals surface area contributed by atoms with Crippen LogP contribution >= 0.6 is 0 Å². The van der Waals surface area contributed by atoms with E-state index >= 15 is 0 Å². The monoisotopic (exact) mass is 671 g/mol. The number of hydrogen-bond acceptors (Lipinski definition) is 9. The molecule has 0 aromatic carbocycles. The van der Waals surface area contributed by atoms with E-state index in [0.29, 0.717) is 25.7 Å². The summed E-state index contributed by atoms with van der Waals surface area (Å²) >= 11 is 0. The first-order valence-corrected chi connectivity index (χ1v) is 16.7. The number of carbonyl (C=O) groups excluding carboxylic acids is 3. The third kappa shape index (κ3) is 8.38. The lowest BCUT2D eigenvalue weighted by Gasteiger charge is -2.33. The quantitative estimate of drug-likeness (QED) is 0.245. The molecule has 0 spiro atoms. The third-order valence-electron chi connectivity index (χ3n) is 9.96. The van der Waals surface area contributed by atoms with Crippen LogP contribution in [0.5, 0.6) is 0 Å². The van der Waals surface area contributed by atoms with Crippen molar-refractivity contribution in [3.63, 3.8) is 0 Å². The lowest BCUT2D eigenvalue weighted by Crippen LogP contribution is -2.56. The van der Waals surface area contributed by atoms with Crippen molar-refractivity contribution in [1.82, 2.24) is 37.0 Å². The lowest BCUT2D eigenvalue weighted by molar-refractivity contribution is -0.186.